The number of benzene rings is 1. The molecule has 9 heteroatoms. The summed E-state index contributed by atoms with van der Waals surface area (Å²) in [6.07, 6.45) is 3.45. The van der Waals surface area contributed by atoms with Gasteiger partial charge in [0.1, 0.15) is 17.8 Å². The monoisotopic (exact) mass is 437 g/mol. The number of carbonyl (C=O) groups is 3. The molecule has 1 saturated heterocycles. The highest BCUT2D eigenvalue weighted by molar-refractivity contribution is 7.98. The van der Waals surface area contributed by atoms with Crippen molar-refractivity contribution in [3.63, 3.8) is 0 Å². The molecule has 1 aromatic carbocycles. The van der Waals surface area contributed by atoms with E-state index in [1.54, 1.807) is 41.6 Å². The lowest BCUT2D eigenvalue weighted by Gasteiger charge is -2.27. The minimum Gasteiger partial charge on any atom is -0.480 e. The van der Waals surface area contributed by atoms with Gasteiger partial charge in [-0.15, -0.1) is 0 Å². The van der Waals surface area contributed by atoms with Crippen LogP contribution in [-0.2, 0) is 16.6 Å². The van der Waals surface area contributed by atoms with Crippen molar-refractivity contribution in [1.82, 2.24) is 14.8 Å². The van der Waals surface area contributed by atoms with E-state index in [1.807, 2.05) is 12.3 Å². The molecule has 1 aliphatic heterocycles. The normalized spacial score (nSPS) is 17.5. The highest BCUT2D eigenvalue weighted by atomic mass is 35.5. The number of aromatic nitrogens is 1. The Balaban J connectivity index is 1.83. The molecule has 2 unspecified atom stereocenters. The molecular weight excluding hydrogens is 414 g/mol. The number of likely N-dealkylation sites (tertiary alicyclic amines) is 1. The molecule has 3 rings (SSSR count). The third-order valence-corrected chi connectivity index (χ3v) is 6.15. The second kappa shape index (κ2) is 9.09. The molecule has 2 amide bonds. The summed E-state index contributed by atoms with van der Waals surface area (Å²) >= 11 is 7.61. The topological polar surface area (TPSA) is 91.6 Å². The molecule has 1 aromatic heterocycles. The van der Waals surface area contributed by atoms with Crippen molar-refractivity contribution in [3.8, 4) is 0 Å². The van der Waals surface area contributed by atoms with Crippen LogP contribution in [0.15, 0.2) is 24.3 Å². The summed E-state index contributed by atoms with van der Waals surface area (Å²) in [5, 5.41) is 13.6. The number of aryl methyl sites for hydroxylation is 1. The number of thioether (sulfide) groups is 1. The molecule has 0 aliphatic carbocycles. The zero-order valence-electron chi connectivity index (χ0n) is 16.4. The lowest BCUT2D eigenvalue weighted by atomic mass is 10.1. The van der Waals surface area contributed by atoms with Crippen molar-refractivity contribution in [1.29, 1.82) is 0 Å². The molecule has 2 atom stereocenters. The third-order valence-electron chi connectivity index (χ3n) is 5.27. The van der Waals surface area contributed by atoms with Crippen LogP contribution in [0.4, 0.5) is 0 Å². The number of aliphatic carboxylic acids is 1. The van der Waals surface area contributed by atoms with Crippen molar-refractivity contribution in [2.45, 2.75) is 31.3 Å². The summed E-state index contributed by atoms with van der Waals surface area (Å²) in [4.78, 5) is 38.9. The van der Waals surface area contributed by atoms with Crippen molar-refractivity contribution in [3.05, 3.63) is 35.0 Å². The predicted octanol–water partition coefficient (Wildman–Crippen LogP) is 2.76. The van der Waals surface area contributed by atoms with Crippen molar-refractivity contribution in [2.75, 3.05) is 18.6 Å². The lowest BCUT2D eigenvalue weighted by molar-refractivity contribution is -0.148. The predicted molar refractivity (Wildman–Crippen MR) is 115 cm³/mol. The molecule has 0 spiro atoms. The Bertz CT molecular complexity index is 945. The second-order valence-electron chi connectivity index (χ2n) is 7.13. The van der Waals surface area contributed by atoms with Crippen LogP contribution in [0, 0.1) is 0 Å². The highest BCUT2D eigenvalue weighted by Crippen LogP contribution is 2.23. The summed E-state index contributed by atoms with van der Waals surface area (Å²) in [5.41, 5.74) is 1.28. The Hall–Kier alpha value is -2.19. The number of halogens is 1. The highest BCUT2D eigenvalue weighted by Gasteiger charge is 2.37. The molecular formula is C20H24ClN3O4S. The minimum absolute atomic E-state index is 0.334. The molecule has 2 heterocycles. The molecule has 2 N–H and O–H groups in total. The molecule has 0 bridgehead atoms. The van der Waals surface area contributed by atoms with E-state index in [2.05, 4.69) is 5.32 Å². The molecule has 156 valence electrons. The number of carbonyl (C=O) groups excluding carboxylic acids is 2. The average Bonchev–Trinajstić information content (AvgIpc) is 3.29. The average molecular weight is 438 g/mol. The number of nitrogens with one attached hydrogen (secondary N) is 1. The van der Waals surface area contributed by atoms with Gasteiger partial charge in [0.05, 0.1) is 0 Å². The zero-order chi connectivity index (χ0) is 21.1. The van der Waals surface area contributed by atoms with Gasteiger partial charge < -0.3 is 19.9 Å². The van der Waals surface area contributed by atoms with E-state index in [0.29, 0.717) is 42.3 Å². The molecule has 1 aliphatic rings. The van der Waals surface area contributed by atoms with Gasteiger partial charge in [0, 0.05) is 29.5 Å². The first-order valence-corrected chi connectivity index (χ1v) is 11.2. The van der Waals surface area contributed by atoms with Crippen LogP contribution in [0.5, 0.6) is 0 Å². The second-order valence-corrected chi connectivity index (χ2v) is 8.55. The van der Waals surface area contributed by atoms with E-state index in [4.69, 9.17) is 11.6 Å². The quantitative estimate of drug-likeness (QED) is 0.694. The Morgan fingerprint density at radius 2 is 2.10 bits per heavy atom. The smallest absolute Gasteiger partial charge is 0.326 e. The van der Waals surface area contributed by atoms with Crippen molar-refractivity contribution < 1.29 is 19.5 Å². The molecule has 29 heavy (non-hydrogen) atoms. The van der Waals surface area contributed by atoms with Crippen LogP contribution >= 0.6 is 23.4 Å². The number of fused-ring (bicyclic) bond motifs is 1. The van der Waals surface area contributed by atoms with Crippen LogP contribution < -0.4 is 5.32 Å². The Morgan fingerprint density at radius 3 is 2.79 bits per heavy atom. The van der Waals surface area contributed by atoms with Crippen LogP contribution in [-0.4, -0.2) is 63.0 Å². The van der Waals surface area contributed by atoms with Crippen LogP contribution in [0.3, 0.4) is 0 Å². The van der Waals surface area contributed by atoms with E-state index in [9.17, 15) is 19.5 Å². The Labute approximate surface area is 178 Å². The maximum absolute atomic E-state index is 13.0. The van der Waals surface area contributed by atoms with Crippen LogP contribution in [0.25, 0.3) is 10.9 Å². The van der Waals surface area contributed by atoms with Crippen molar-refractivity contribution >= 4 is 52.0 Å². The minimum atomic E-state index is -1.00. The summed E-state index contributed by atoms with van der Waals surface area (Å²) < 4.78 is 1.76. The van der Waals surface area contributed by atoms with Gasteiger partial charge in [-0.05, 0) is 55.5 Å². The number of carboxylic acids is 1. The molecule has 0 saturated carbocycles. The van der Waals surface area contributed by atoms with Gasteiger partial charge in [0.15, 0.2) is 0 Å². The molecule has 2 aromatic rings. The Kier molecular flexibility index (Phi) is 6.74. The van der Waals surface area contributed by atoms with Gasteiger partial charge in [-0.3, -0.25) is 9.59 Å². The SMILES string of the molecule is CSCCC(NC(=O)c1cc2cc(Cl)ccc2n1C)C(=O)N1CCCC1C(=O)O. The number of carboxylic acid groups (broad SMARTS) is 1. The maximum Gasteiger partial charge on any atom is 0.326 e. The fourth-order valence-electron chi connectivity index (χ4n) is 3.75. The molecule has 0 radical (unpaired) electrons. The van der Waals surface area contributed by atoms with Gasteiger partial charge in [-0.1, -0.05) is 11.6 Å². The van der Waals surface area contributed by atoms with Crippen molar-refractivity contribution in [2.24, 2.45) is 7.05 Å². The first-order chi connectivity index (χ1) is 13.8. The first kappa shape index (κ1) is 21.5. The molecule has 1 fully saturated rings. The summed E-state index contributed by atoms with van der Waals surface area (Å²) in [6.45, 7) is 0.397. The maximum atomic E-state index is 13.0. The standard InChI is InChI=1S/C20H24ClN3O4S/c1-23-15-6-5-13(21)10-12(15)11-17(23)18(25)22-14(7-9-29-2)19(26)24-8-3-4-16(24)20(27)28/h5-6,10-11,14,16H,3-4,7-9H2,1-2H3,(H,22,25)(H,27,28). The Morgan fingerprint density at radius 1 is 1.34 bits per heavy atom. The summed E-state index contributed by atoms with van der Waals surface area (Å²) in [6, 6.07) is 5.53. The van der Waals surface area contributed by atoms with E-state index in [-0.39, 0.29) is 11.8 Å². The fourth-order valence-corrected chi connectivity index (χ4v) is 4.40. The van der Waals surface area contributed by atoms with Gasteiger partial charge >= 0.3 is 5.97 Å². The number of rotatable bonds is 7. The number of amides is 2. The van der Waals surface area contributed by atoms with E-state index in [0.717, 1.165) is 10.9 Å². The fraction of sp³-hybridized carbons (Fsp3) is 0.450. The van der Waals surface area contributed by atoms with Gasteiger partial charge in [0.25, 0.3) is 5.91 Å². The number of hydrogen-bond donors (Lipinski definition) is 2. The zero-order valence-corrected chi connectivity index (χ0v) is 17.9. The summed E-state index contributed by atoms with van der Waals surface area (Å²) in [7, 11) is 1.78. The van der Waals surface area contributed by atoms with Gasteiger partial charge in [-0.2, -0.15) is 11.8 Å². The largest absolute Gasteiger partial charge is 0.480 e. The third kappa shape index (κ3) is 4.53. The van der Waals surface area contributed by atoms with E-state index in [1.165, 1.54) is 4.90 Å². The van der Waals surface area contributed by atoms with E-state index < -0.39 is 18.1 Å². The first-order valence-electron chi connectivity index (χ1n) is 9.41. The van der Waals surface area contributed by atoms with Gasteiger partial charge in [-0.25, -0.2) is 4.79 Å². The number of nitrogens with zero attached hydrogens (tertiary/aromatic N) is 2. The summed E-state index contributed by atoms with van der Waals surface area (Å²) in [5.74, 6) is -1.03. The lowest BCUT2D eigenvalue weighted by Crippen LogP contribution is -2.52. The van der Waals surface area contributed by atoms with Crippen LogP contribution in [0.2, 0.25) is 5.02 Å². The molecule has 7 nitrogen and oxygen atoms in total. The van der Waals surface area contributed by atoms with E-state index >= 15 is 0 Å². The van der Waals surface area contributed by atoms with Gasteiger partial charge in [0.2, 0.25) is 5.91 Å². The number of hydrogen-bond acceptors (Lipinski definition) is 4. The van der Waals surface area contributed by atoms with Crippen LogP contribution in [0.1, 0.15) is 29.8 Å².